The van der Waals surface area contributed by atoms with Crippen molar-refractivity contribution in [3.8, 4) is 0 Å². The summed E-state index contributed by atoms with van der Waals surface area (Å²) in [4.78, 5) is 28.4. The van der Waals surface area contributed by atoms with Gasteiger partial charge in [-0.15, -0.1) is 11.3 Å². The summed E-state index contributed by atoms with van der Waals surface area (Å²) >= 11 is 1.53. The Hall–Kier alpha value is -1.40. The highest BCUT2D eigenvalue weighted by Crippen LogP contribution is 2.18. The molecule has 2 aliphatic rings. The molecule has 0 unspecified atom stereocenters. The van der Waals surface area contributed by atoms with E-state index in [1.54, 1.807) is 0 Å². The molecule has 0 bridgehead atoms. The monoisotopic (exact) mass is 349 g/mol. The van der Waals surface area contributed by atoms with E-state index < -0.39 is 0 Å². The Kier molecular flexibility index (Phi) is 5.89. The summed E-state index contributed by atoms with van der Waals surface area (Å²) < 4.78 is 0. The average Bonchev–Trinajstić information content (AvgIpc) is 3.21. The molecule has 0 spiro atoms. The fourth-order valence-corrected chi connectivity index (χ4v) is 4.37. The van der Waals surface area contributed by atoms with E-state index in [9.17, 15) is 9.59 Å². The van der Waals surface area contributed by atoms with Crippen LogP contribution in [0.5, 0.6) is 0 Å². The summed E-state index contributed by atoms with van der Waals surface area (Å²) in [6, 6.07) is 4.47. The predicted molar refractivity (Wildman–Crippen MR) is 96.4 cm³/mol. The van der Waals surface area contributed by atoms with Crippen LogP contribution in [0.4, 0.5) is 0 Å². The number of carbonyl (C=O) groups is 2. The normalized spacial score (nSPS) is 20.2. The number of piperidine rings is 1. The van der Waals surface area contributed by atoms with Crippen molar-refractivity contribution in [1.82, 2.24) is 15.5 Å². The molecular formula is C18H27N3O2S. The molecule has 2 amide bonds. The summed E-state index contributed by atoms with van der Waals surface area (Å²) in [5, 5.41) is 6.27. The summed E-state index contributed by atoms with van der Waals surface area (Å²) in [5.74, 6) is 0.184. The molecular weight excluding hydrogens is 322 g/mol. The highest BCUT2D eigenvalue weighted by molar-refractivity contribution is 7.13. The van der Waals surface area contributed by atoms with E-state index in [1.807, 2.05) is 19.1 Å². The zero-order valence-corrected chi connectivity index (χ0v) is 15.2. The van der Waals surface area contributed by atoms with Gasteiger partial charge in [0.25, 0.3) is 5.91 Å². The lowest BCUT2D eigenvalue weighted by molar-refractivity contribution is -0.123. The van der Waals surface area contributed by atoms with Crippen LogP contribution >= 0.6 is 11.3 Å². The van der Waals surface area contributed by atoms with Gasteiger partial charge in [0.1, 0.15) is 0 Å². The van der Waals surface area contributed by atoms with E-state index >= 15 is 0 Å². The second kappa shape index (κ2) is 8.12. The number of nitrogens with one attached hydrogen (secondary N) is 2. The van der Waals surface area contributed by atoms with Crippen molar-refractivity contribution in [2.75, 3.05) is 19.6 Å². The van der Waals surface area contributed by atoms with E-state index in [1.165, 1.54) is 24.2 Å². The fourth-order valence-electron chi connectivity index (χ4n) is 3.60. The van der Waals surface area contributed by atoms with Crippen LogP contribution in [0.15, 0.2) is 12.1 Å². The summed E-state index contributed by atoms with van der Waals surface area (Å²) in [6.45, 7) is 4.23. The molecule has 1 saturated carbocycles. The summed E-state index contributed by atoms with van der Waals surface area (Å²) in [6.07, 6.45) is 6.54. The molecule has 1 saturated heterocycles. The Labute approximate surface area is 147 Å². The van der Waals surface area contributed by atoms with Gasteiger partial charge in [0, 0.05) is 30.1 Å². The molecule has 0 aromatic carbocycles. The topological polar surface area (TPSA) is 61.4 Å². The van der Waals surface area contributed by atoms with Crippen molar-refractivity contribution < 1.29 is 9.59 Å². The minimum absolute atomic E-state index is 0.0329. The number of aryl methyl sites for hydroxylation is 1. The third kappa shape index (κ3) is 4.80. The van der Waals surface area contributed by atoms with Crippen LogP contribution in [-0.4, -0.2) is 48.4 Å². The van der Waals surface area contributed by atoms with Crippen LogP contribution in [-0.2, 0) is 4.79 Å². The van der Waals surface area contributed by atoms with Crippen molar-refractivity contribution >= 4 is 23.2 Å². The molecule has 1 aliphatic carbocycles. The molecule has 0 radical (unpaired) electrons. The summed E-state index contributed by atoms with van der Waals surface area (Å²) in [7, 11) is 0. The van der Waals surface area contributed by atoms with E-state index in [2.05, 4.69) is 15.5 Å². The molecule has 2 fully saturated rings. The zero-order chi connectivity index (χ0) is 16.9. The van der Waals surface area contributed by atoms with Gasteiger partial charge in [-0.2, -0.15) is 0 Å². The highest BCUT2D eigenvalue weighted by Gasteiger charge is 2.24. The Balaban J connectivity index is 1.37. The number of likely N-dealkylation sites (tertiary alicyclic amines) is 1. The molecule has 2 N–H and O–H groups in total. The number of amides is 2. The van der Waals surface area contributed by atoms with Gasteiger partial charge in [-0.3, -0.25) is 14.5 Å². The van der Waals surface area contributed by atoms with Crippen molar-refractivity contribution in [3.63, 3.8) is 0 Å². The lowest BCUT2D eigenvalue weighted by Gasteiger charge is -2.32. The maximum absolute atomic E-state index is 12.2. The van der Waals surface area contributed by atoms with Crippen molar-refractivity contribution in [1.29, 1.82) is 0 Å². The van der Waals surface area contributed by atoms with Crippen LogP contribution in [0.1, 0.15) is 53.1 Å². The first kappa shape index (κ1) is 17.4. The molecule has 6 heteroatoms. The van der Waals surface area contributed by atoms with Gasteiger partial charge in [-0.05, 0) is 44.7 Å². The summed E-state index contributed by atoms with van der Waals surface area (Å²) in [5.41, 5.74) is 0. The lowest BCUT2D eigenvalue weighted by atomic mass is 10.0. The Morgan fingerprint density at radius 2 is 1.75 bits per heavy atom. The number of nitrogens with zero attached hydrogens (tertiary/aromatic N) is 1. The van der Waals surface area contributed by atoms with Crippen LogP contribution in [0, 0.1) is 6.92 Å². The van der Waals surface area contributed by atoms with Gasteiger partial charge < -0.3 is 10.6 Å². The minimum Gasteiger partial charge on any atom is -0.352 e. The highest BCUT2D eigenvalue weighted by atomic mass is 32.1. The van der Waals surface area contributed by atoms with Crippen LogP contribution < -0.4 is 10.6 Å². The Morgan fingerprint density at radius 1 is 1.08 bits per heavy atom. The van der Waals surface area contributed by atoms with E-state index in [0.717, 1.165) is 48.5 Å². The maximum atomic E-state index is 12.2. The number of thiophene rings is 1. The molecule has 0 atom stereocenters. The first-order valence-electron chi connectivity index (χ1n) is 8.99. The molecule has 1 aromatic heterocycles. The molecule has 2 heterocycles. The Morgan fingerprint density at radius 3 is 2.38 bits per heavy atom. The predicted octanol–water partition coefficient (Wildman–Crippen LogP) is 2.31. The molecule has 5 nitrogen and oxygen atoms in total. The van der Waals surface area contributed by atoms with Crippen LogP contribution in [0.2, 0.25) is 0 Å². The van der Waals surface area contributed by atoms with Gasteiger partial charge in [0.05, 0.1) is 11.4 Å². The average molecular weight is 350 g/mol. The van der Waals surface area contributed by atoms with Crippen molar-refractivity contribution in [3.05, 3.63) is 21.9 Å². The standard InChI is InChI=1S/C18H27N3O2S/c1-13-6-7-16(24-13)18(23)20-15-8-10-21(11-9-15)12-17(22)19-14-4-2-3-5-14/h6-7,14-15H,2-5,8-12H2,1H3,(H,19,22)(H,20,23). The number of rotatable bonds is 5. The quantitative estimate of drug-likeness (QED) is 0.857. The van der Waals surface area contributed by atoms with Crippen molar-refractivity contribution in [2.45, 2.75) is 57.5 Å². The first-order chi connectivity index (χ1) is 11.6. The second-order valence-electron chi connectivity index (χ2n) is 6.98. The lowest BCUT2D eigenvalue weighted by Crippen LogP contribution is -2.48. The third-order valence-corrected chi connectivity index (χ3v) is 5.97. The molecule has 1 aromatic rings. The van der Waals surface area contributed by atoms with E-state index in [4.69, 9.17) is 0 Å². The molecule has 1 aliphatic heterocycles. The van der Waals surface area contributed by atoms with Gasteiger partial charge in [-0.1, -0.05) is 12.8 Å². The molecule has 24 heavy (non-hydrogen) atoms. The SMILES string of the molecule is Cc1ccc(C(=O)NC2CCN(CC(=O)NC3CCCC3)CC2)s1. The van der Waals surface area contributed by atoms with Gasteiger partial charge >= 0.3 is 0 Å². The largest absolute Gasteiger partial charge is 0.352 e. The van der Waals surface area contributed by atoms with Gasteiger partial charge in [0.15, 0.2) is 0 Å². The second-order valence-corrected chi connectivity index (χ2v) is 8.27. The van der Waals surface area contributed by atoms with Crippen molar-refractivity contribution in [2.24, 2.45) is 0 Å². The zero-order valence-electron chi connectivity index (χ0n) is 14.3. The van der Waals surface area contributed by atoms with Gasteiger partial charge in [-0.25, -0.2) is 0 Å². The number of hydrogen-bond acceptors (Lipinski definition) is 4. The molecule has 3 rings (SSSR count). The van der Waals surface area contributed by atoms with Crippen LogP contribution in [0.3, 0.4) is 0 Å². The third-order valence-electron chi connectivity index (χ3n) is 4.97. The molecule has 132 valence electrons. The van der Waals surface area contributed by atoms with Gasteiger partial charge in [0.2, 0.25) is 5.91 Å². The number of hydrogen-bond donors (Lipinski definition) is 2. The Bertz CT molecular complexity index is 573. The first-order valence-corrected chi connectivity index (χ1v) is 9.81. The smallest absolute Gasteiger partial charge is 0.261 e. The van der Waals surface area contributed by atoms with E-state index in [-0.39, 0.29) is 17.9 Å². The van der Waals surface area contributed by atoms with E-state index in [0.29, 0.717) is 12.6 Å². The fraction of sp³-hybridized carbons (Fsp3) is 0.667. The maximum Gasteiger partial charge on any atom is 0.261 e. The van der Waals surface area contributed by atoms with Crippen LogP contribution in [0.25, 0.3) is 0 Å². The minimum atomic E-state index is 0.0329. The number of carbonyl (C=O) groups excluding carboxylic acids is 2.